The average Bonchev–Trinajstić information content (AvgIpc) is 3.00. The average molecular weight is 189 g/mol. The van der Waals surface area contributed by atoms with Crippen LogP contribution in [0, 0.1) is 6.92 Å². The lowest BCUT2D eigenvalue weighted by Crippen LogP contribution is -1.94. The molecule has 0 bridgehead atoms. The molecule has 0 saturated heterocycles. The van der Waals surface area contributed by atoms with E-state index in [2.05, 4.69) is 32.0 Å². The molecule has 1 atom stereocenters. The Morgan fingerprint density at radius 3 is 2.64 bits per heavy atom. The van der Waals surface area contributed by atoms with Crippen molar-refractivity contribution < 1.29 is 4.74 Å². The predicted octanol–water partition coefficient (Wildman–Crippen LogP) is 3.51. The molecule has 1 heteroatoms. The van der Waals surface area contributed by atoms with Crippen molar-refractivity contribution in [1.29, 1.82) is 0 Å². The summed E-state index contributed by atoms with van der Waals surface area (Å²) in [6, 6.07) is 6.51. The maximum absolute atomic E-state index is 5.41. The maximum atomic E-state index is 5.41. The summed E-state index contributed by atoms with van der Waals surface area (Å²) >= 11 is 0. The minimum Gasteiger partial charge on any atom is -0.496 e. The molecule has 0 amide bonds. The summed E-state index contributed by atoms with van der Waals surface area (Å²) in [5.74, 6) is 2.12. The lowest BCUT2D eigenvalue weighted by molar-refractivity contribution is 0.409. The molecule has 1 nitrogen and oxygen atoms in total. The second-order valence-electron chi connectivity index (χ2n) is 4.18. The summed E-state index contributed by atoms with van der Waals surface area (Å²) in [7, 11) is 1.75. The van der Waals surface area contributed by atoms with Gasteiger partial charge in [-0.15, -0.1) is 0 Å². The van der Waals surface area contributed by atoms with Gasteiger partial charge >= 0.3 is 0 Å². The SMILES string of the molecule is [CH2]C(C)c1ccc(C2CC2)c(OC)c1. The third kappa shape index (κ3) is 1.77. The molecule has 1 saturated carbocycles. The molecule has 1 aliphatic carbocycles. The Bertz CT molecular complexity index is 324. The molecule has 1 aromatic rings. The van der Waals surface area contributed by atoms with Crippen molar-refractivity contribution >= 4 is 0 Å². The quantitative estimate of drug-likeness (QED) is 0.707. The van der Waals surface area contributed by atoms with Crippen LogP contribution in [0.3, 0.4) is 0 Å². The first-order valence-corrected chi connectivity index (χ1v) is 5.23. The molecule has 0 aromatic heterocycles. The molecule has 75 valence electrons. The highest BCUT2D eigenvalue weighted by atomic mass is 16.5. The molecule has 1 aliphatic rings. The van der Waals surface area contributed by atoms with Crippen LogP contribution < -0.4 is 4.74 Å². The third-order valence-corrected chi connectivity index (χ3v) is 2.84. The molecular weight excluding hydrogens is 172 g/mol. The molecule has 1 unspecified atom stereocenters. The van der Waals surface area contributed by atoms with Crippen LogP contribution in [0.5, 0.6) is 5.75 Å². The van der Waals surface area contributed by atoms with Gasteiger partial charge in [-0.3, -0.25) is 0 Å². The van der Waals surface area contributed by atoms with Crippen molar-refractivity contribution in [3.8, 4) is 5.75 Å². The van der Waals surface area contributed by atoms with E-state index < -0.39 is 0 Å². The fourth-order valence-electron chi connectivity index (χ4n) is 1.77. The minimum atomic E-state index is 0.331. The Balaban J connectivity index is 2.34. The normalized spacial score (nSPS) is 16.0. The van der Waals surface area contributed by atoms with Gasteiger partial charge in [-0.25, -0.2) is 0 Å². The van der Waals surface area contributed by atoms with Crippen molar-refractivity contribution in [2.75, 3.05) is 7.11 Å². The molecule has 1 fully saturated rings. The molecule has 1 radical (unpaired) electrons. The van der Waals surface area contributed by atoms with Crippen LogP contribution in [0.4, 0.5) is 0 Å². The Morgan fingerprint density at radius 1 is 1.43 bits per heavy atom. The van der Waals surface area contributed by atoms with Gasteiger partial charge in [-0.2, -0.15) is 0 Å². The van der Waals surface area contributed by atoms with Crippen molar-refractivity contribution in [2.24, 2.45) is 0 Å². The Hall–Kier alpha value is -0.980. The van der Waals surface area contributed by atoms with Gasteiger partial charge in [0.15, 0.2) is 0 Å². The van der Waals surface area contributed by atoms with Crippen LogP contribution in [0.15, 0.2) is 18.2 Å². The highest BCUT2D eigenvalue weighted by molar-refractivity contribution is 5.42. The van der Waals surface area contributed by atoms with E-state index >= 15 is 0 Å². The first kappa shape index (κ1) is 9.57. The highest BCUT2D eigenvalue weighted by Gasteiger charge is 2.26. The fourth-order valence-corrected chi connectivity index (χ4v) is 1.77. The smallest absolute Gasteiger partial charge is 0.122 e. The van der Waals surface area contributed by atoms with Gasteiger partial charge in [0.05, 0.1) is 7.11 Å². The zero-order chi connectivity index (χ0) is 10.1. The molecule has 0 aliphatic heterocycles. The summed E-state index contributed by atoms with van der Waals surface area (Å²) in [6.07, 6.45) is 2.63. The highest BCUT2D eigenvalue weighted by Crippen LogP contribution is 2.44. The Labute approximate surface area is 86.1 Å². The molecule has 0 N–H and O–H groups in total. The van der Waals surface area contributed by atoms with E-state index in [-0.39, 0.29) is 0 Å². The van der Waals surface area contributed by atoms with E-state index in [0.717, 1.165) is 11.7 Å². The van der Waals surface area contributed by atoms with Gasteiger partial charge in [-0.05, 0) is 48.8 Å². The molecule has 0 spiro atoms. The monoisotopic (exact) mass is 189 g/mol. The van der Waals surface area contributed by atoms with Crippen molar-refractivity contribution in [2.45, 2.75) is 31.6 Å². The first-order valence-electron chi connectivity index (χ1n) is 5.23. The van der Waals surface area contributed by atoms with Crippen LogP contribution >= 0.6 is 0 Å². The van der Waals surface area contributed by atoms with E-state index in [0.29, 0.717) is 5.92 Å². The lowest BCUT2D eigenvalue weighted by Gasteiger charge is -2.11. The number of hydrogen-bond acceptors (Lipinski definition) is 1. The number of benzene rings is 1. The summed E-state index contributed by atoms with van der Waals surface area (Å²) in [4.78, 5) is 0. The topological polar surface area (TPSA) is 9.23 Å². The van der Waals surface area contributed by atoms with E-state index in [1.807, 2.05) is 0 Å². The number of rotatable bonds is 3. The zero-order valence-electron chi connectivity index (χ0n) is 8.92. The van der Waals surface area contributed by atoms with Crippen LogP contribution in [0.25, 0.3) is 0 Å². The van der Waals surface area contributed by atoms with E-state index in [4.69, 9.17) is 4.74 Å². The van der Waals surface area contributed by atoms with Gasteiger partial charge in [0.1, 0.15) is 5.75 Å². The van der Waals surface area contributed by atoms with E-state index in [1.165, 1.54) is 24.0 Å². The molecule has 1 aromatic carbocycles. The maximum Gasteiger partial charge on any atom is 0.122 e. The predicted molar refractivity (Wildman–Crippen MR) is 58.7 cm³/mol. The lowest BCUT2D eigenvalue weighted by atomic mass is 9.99. The molecule has 2 rings (SSSR count). The van der Waals surface area contributed by atoms with Crippen molar-refractivity contribution in [3.63, 3.8) is 0 Å². The third-order valence-electron chi connectivity index (χ3n) is 2.84. The Kier molecular flexibility index (Phi) is 2.49. The van der Waals surface area contributed by atoms with Crippen molar-refractivity contribution in [3.05, 3.63) is 36.2 Å². The Morgan fingerprint density at radius 2 is 2.14 bits per heavy atom. The minimum absolute atomic E-state index is 0.331. The summed E-state index contributed by atoms with van der Waals surface area (Å²) in [6.45, 7) is 6.12. The van der Waals surface area contributed by atoms with Crippen LogP contribution in [-0.2, 0) is 0 Å². The zero-order valence-corrected chi connectivity index (χ0v) is 8.92. The second-order valence-corrected chi connectivity index (χ2v) is 4.18. The van der Waals surface area contributed by atoms with Gasteiger partial charge in [0.2, 0.25) is 0 Å². The van der Waals surface area contributed by atoms with Crippen molar-refractivity contribution in [1.82, 2.24) is 0 Å². The summed E-state index contributed by atoms with van der Waals surface area (Å²) < 4.78 is 5.41. The standard InChI is InChI=1S/C13H17O/c1-9(2)11-6-7-12(10-4-5-10)13(8-11)14-3/h6-10H,1,4-5H2,2-3H3. The second kappa shape index (κ2) is 3.64. The molecule has 14 heavy (non-hydrogen) atoms. The number of methoxy groups -OCH3 is 1. The van der Waals surface area contributed by atoms with Gasteiger partial charge in [-0.1, -0.05) is 19.1 Å². The summed E-state index contributed by atoms with van der Waals surface area (Å²) in [5.41, 5.74) is 2.63. The van der Waals surface area contributed by atoms with Gasteiger partial charge < -0.3 is 4.74 Å². The van der Waals surface area contributed by atoms with E-state index in [9.17, 15) is 0 Å². The van der Waals surface area contributed by atoms with E-state index in [1.54, 1.807) is 7.11 Å². The fraction of sp³-hybridized carbons (Fsp3) is 0.462. The van der Waals surface area contributed by atoms with Crippen LogP contribution in [0.2, 0.25) is 0 Å². The largest absolute Gasteiger partial charge is 0.496 e. The molecular formula is C13H17O. The number of ether oxygens (including phenoxy) is 1. The number of hydrogen-bond donors (Lipinski definition) is 0. The van der Waals surface area contributed by atoms with Crippen LogP contribution in [0.1, 0.15) is 42.7 Å². The molecule has 0 heterocycles. The van der Waals surface area contributed by atoms with Crippen LogP contribution in [-0.4, -0.2) is 7.11 Å². The first-order chi connectivity index (χ1) is 6.72. The van der Waals surface area contributed by atoms with Gasteiger partial charge in [0.25, 0.3) is 0 Å². The summed E-state index contributed by atoms with van der Waals surface area (Å²) in [5, 5.41) is 0. The van der Waals surface area contributed by atoms with Gasteiger partial charge in [0, 0.05) is 0 Å².